The maximum absolute atomic E-state index is 12.4. The van der Waals surface area contributed by atoms with E-state index >= 15 is 0 Å². The van der Waals surface area contributed by atoms with Crippen LogP contribution in [-0.2, 0) is 11.3 Å². The first-order chi connectivity index (χ1) is 11.5. The number of nitrogens with one attached hydrogen (secondary N) is 1. The Labute approximate surface area is 148 Å². The molecule has 1 aromatic heterocycles. The van der Waals surface area contributed by atoms with Crippen LogP contribution in [0.4, 0.5) is 5.69 Å². The Hall–Kier alpha value is -2.40. The van der Waals surface area contributed by atoms with Gasteiger partial charge in [0.1, 0.15) is 6.54 Å². The van der Waals surface area contributed by atoms with Crippen LogP contribution in [-0.4, -0.2) is 10.5 Å². The van der Waals surface area contributed by atoms with Gasteiger partial charge in [-0.3, -0.25) is 9.59 Å². The van der Waals surface area contributed by atoms with Crippen LogP contribution in [0.3, 0.4) is 0 Å². The van der Waals surface area contributed by atoms with Crippen molar-refractivity contribution in [3.8, 4) is 0 Å². The van der Waals surface area contributed by atoms with Crippen molar-refractivity contribution >= 4 is 38.4 Å². The summed E-state index contributed by atoms with van der Waals surface area (Å²) < 4.78 is 2.62. The molecular formula is C19H17BrN2O2. The third-order valence-corrected chi connectivity index (χ3v) is 4.63. The number of hydrogen-bond donors (Lipinski definition) is 1. The smallest absolute Gasteiger partial charge is 0.244 e. The molecule has 1 N–H and O–H groups in total. The first kappa shape index (κ1) is 16.5. The third kappa shape index (κ3) is 3.26. The van der Waals surface area contributed by atoms with Crippen molar-refractivity contribution in [2.75, 3.05) is 5.32 Å². The van der Waals surface area contributed by atoms with Gasteiger partial charge in [-0.15, -0.1) is 0 Å². The van der Waals surface area contributed by atoms with Gasteiger partial charge in [-0.2, -0.15) is 0 Å². The second-order valence-electron chi connectivity index (χ2n) is 5.77. The summed E-state index contributed by atoms with van der Waals surface area (Å²) in [5, 5.41) is 3.53. The molecule has 3 aromatic rings. The Bertz CT molecular complexity index is 992. The number of anilines is 1. The largest absolute Gasteiger partial charge is 0.338 e. The Morgan fingerprint density at radius 3 is 2.75 bits per heavy atom. The minimum Gasteiger partial charge on any atom is -0.338 e. The van der Waals surface area contributed by atoms with Gasteiger partial charge in [-0.05, 0) is 49.2 Å². The molecule has 122 valence electrons. The Morgan fingerprint density at radius 1 is 1.17 bits per heavy atom. The van der Waals surface area contributed by atoms with Gasteiger partial charge in [-0.25, -0.2) is 0 Å². The number of aromatic nitrogens is 1. The number of benzene rings is 2. The Balaban J connectivity index is 1.90. The highest BCUT2D eigenvalue weighted by molar-refractivity contribution is 9.10. The summed E-state index contributed by atoms with van der Waals surface area (Å²) in [6, 6.07) is 12.8. The molecule has 0 bridgehead atoms. The molecule has 0 saturated carbocycles. The average Bonchev–Trinajstić information content (AvgIpc) is 2.55. The first-order valence-electron chi connectivity index (χ1n) is 7.60. The molecule has 0 unspecified atom stereocenters. The average molecular weight is 385 g/mol. The summed E-state index contributed by atoms with van der Waals surface area (Å²) in [5.41, 5.74) is 3.68. The van der Waals surface area contributed by atoms with E-state index in [1.54, 1.807) is 16.8 Å². The summed E-state index contributed by atoms with van der Waals surface area (Å²) in [7, 11) is 0. The molecule has 24 heavy (non-hydrogen) atoms. The van der Waals surface area contributed by atoms with E-state index in [1.165, 1.54) is 6.07 Å². The Kier molecular flexibility index (Phi) is 4.53. The monoisotopic (exact) mass is 384 g/mol. The van der Waals surface area contributed by atoms with Gasteiger partial charge in [0.15, 0.2) is 5.43 Å². The zero-order valence-corrected chi connectivity index (χ0v) is 15.1. The van der Waals surface area contributed by atoms with Crippen molar-refractivity contribution < 1.29 is 4.79 Å². The van der Waals surface area contributed by atoms with Gasteiger partial charge >= 0.3 is 0 Å². The van der Waals surface area contributed by atoms with Crippen LogP contribution in [0.5, 0.6) is 0 Å². The molecule has 1 amide bonds. The van der Waals surface area contributed by atoms with E-state index < -0.39 is 0 Å². The normalized spacial score (nSPS) is 10.8. The number of rotatable bonds is 3. The standard InChI is InChI=1S/C19H17BrN2O2/c1-12-4-3-5-16(13(12)2)21-19(24)11-22-9-8-18(23)15-10-14(20)6-7-17(15)22/h3-10H,11H2,1-2H3,(H,21,24). The van der Waals surface area contributed by atoms with Crippen molar-refractivity contribution in [2.24, 2.45) is 0 Å². The van der Waals surface area contributed by atoms with E-state index in [4.69, 9.17) is 0 Å². The van der Waals surface area contributed by atoms with E-state index in [0.29, 0.717) is 5.39 Å². The number of aryl methyl sites for hydroxylation is 1. The lowest BCUT2D eigenvalue weighted by Crippen LogP contribution is -2.21. The molecule has 0 aliphatic rings. The number of pyridine rings is 1. The number of halogens is 1. The van der Waals surface area contributed by atoms with Crippen LogP contribution < -0.4 is 10.7 Å². The summed E-state index contributed by atoms with van der Waals surface area (Å²) in [6.07, 6.45) is 1.65. The SMILES string of the molecule is Cc1cccc(NC(=O)Cn2ccc(=O)c3cc(Br)ccc32)c1C. The third-order valence-electron chi connectivity index (χ3n) is 4.13. The molecule has 0 aliphatic carbocycles. The summed E-state index contributed by atoms with van der Waals surface area (Å²) in [6.45, 7) is 4.14. The molecule has 0 fully saturated rings. The highest BCUT2D eigenvalue weighted by Gasteiger charge is 2.09. The lowest BCUT2D eigenvalue weighted by molar-refractivity contribution is -0.116. The van der Waals surface area contributed by atoms with Gasteiger partial charge in [0.2, 0.25) is 5.91 Å². The predicted molar refractivity (Wildman–Crippen MR) is 100 cm³/mol. The van der Waals surface area contributed by atoms with Gasteiger partial charge in [-0.1, -0.05) is 28.1 Å². The van der Waals surface area contributed by atoms with Crippen LogP contribution in [0.1, 0.15) is 11.1 Å². The van der Waals surface area contributed by atoms with Gasteiger partial charge in [0.05, 0.1) is 5.52 Å². The second-order valence-corrected chi connectivity index (χ2v) is 6.68. The zero-order valence-electron chi connectivity index (χ0n) is 13.5. The van der Waals surface area contributed by atoms with Crippen LogP contribution in [0.25, 0.3) is 10.9 Å². The number of nitrogens with zero attached hydrogens (tertiary/aromatic N) is 1. The number of carbonyl (C=O) groups is 1. The van der Waals surface area contributed by atoms with Crippen LogP contribution in [0, 0.1) is 13.8 Å². The van der Waals surface area contributed by atoms with E-state index in [0.717, 1.165) is 26.8 Å². The number of hydrogen-bond acceptors (Lipinski definition) is 2. The van der Waals surface area contributed by atoms with Crippen molar-refractivity contribution in [3.05, 3.63) is 74.5 Å². The molecule has 0 radical (unpaired) electrons. The molecular weight excluding hydrogens is 368 g/mol. The van der Waals surface area contributed by atoms with E-state index in [1.807, 2.05) is 44.2 Å². The molecule has 4 nitrogen and oxygen atoms in total. The maximum atomic E-state index is 12.4. The second kappa shape index (κ2) is 6.61. The zero-order chi connectivity index (χ0) is 17.3. The molecule has 1 heterocycles. The van der Waals surface area contributed by atoms with E-state index in [2.05, 4.69) is 21.2 Å². The quantitative estimate of drug-likeness (QED) is 0.741. The fourth-order valence-corrected chi connectivity index (χ4v) is 3.01. The Morgan fingerprint density at radius 2 is 1.96 bits per heavy atom. The summed E-state index contributed by atoms with van der Waals surface area (Å²) in [5.74, 6) is -0.128. The van der Waals surface area contributed by atoms with Crippen LogP contribution >= 0.6 is 15.9 Å². The lowest BCUT2D eigenvalue weighted by Gasteiger charge is -2.13. The van der Waals surface area contributed by atoms with Gasteiger partial charge in [0, 0.05) is 27.8 Å². The highest BCUT2D eigenvalue weighted by atomic mass is 79.9. The topological polar surface area (TPSA) is 51.1 Å². The van der Waals surface area contributed by atoms with Crippen LogP contribution in [0.15, 0.2) is 57.9 Å². The molecule has 3 rings (SSSR count). The molecule has 5 heteroatoms. The van der Waals surface area contributed by atoms with Gasteiger partial charge < -0.3 is 9.88 Å². The molecule has 0 saturated heterocycles. The molecule has 0 spiro atoms. The lowest BCUT2D eigenvalue weighted by atomic mass is 10.1. The fourth-order valence-electron chi connectivity index (χ4n) is 2.65. The highest BCUT2D eigenvalue weighted by Crippen LogP contribution is 2.19. The summed E-state index contributed by atoms with van der Waals surface area (Å²) >= 11 is 3.37. The van der Waals surface area contributed by atoms with E-state index in [9.17, 15) is 9.59 Å². The molecule has 0 atom stereocenters. The van der Waals surface area contributed by atoms with Gasteiger partial charge in [0.25, 0.3) is 0 Å². The van der Waals surface area contributed by atoms with E-state index in [-0.39, 0.29) is 17.9 Å². The minimum atomic E-state index is -0.128. The van der Waals surface area contributed by atoms with Crippen LogP contribution in [0.2, 0.25) is 0 Å². The number of amides is 1. The first-order valence-corrected chi connectivity index (χ1v) is 8.40. The minimum absolute atomic E-state index is 0.0579. The van der Waals surface area contributed by atoms with Crippen molar-refractivity contribution in [1.82, 2.24) is 4.57 Å². The molecule has 0 aliphatic heterocycles. The maximum Gasteiger partial charge on any atom is 0.244 e. The number of fused-ring (bicyclic) bond motifs is 1. The molecule has 2 aromatic carbocycles. The fraction of sp³-hybridized carbons (Fsp3) is 0.158. The van der Waals surface area contributed by atoms with Crippen molar-refractivity contribution in [2.45, 2.75) is 20.4 Å². The summed E-state index contributed by atoms with van der Waals surface area (Å²) in [4.78, 5) is 24.4. The predicted octanol–water partition coefficient (Wildman–Crippen LogP) is 4.02. The van der Waals surface area contributed by atoms with Crippen molar-refractivity contribution in [1.29, 1.82) is 0 Å². The van der Waals surface area contributed by atoms with Crippen molar-refractivity contribution in [3.63, 3.8) is 0 Å². The number of carbonyl (C=O) groups excluding carboxylic acids is 1.